The van der Waals surface area contributed by atoms with Gasteiger partial charge < -0.3 is 24.4 Å². The fourth-order valence-corrected chi connectivity index (χ4v) is 0.994. The van der Waals surface area contributed by atoms with Gasteiger partial charge in [0, 0.05) is 0 Å². The van der Waals surface area contributed by atoms with Crippen LogP contribution in [0.5, 0.6) is 0 Å². The van der Waals surface area contributed by atoms with Gasteiger partial charge in [0.25, 0.3) is 0 Å². The Balaban J connectivity index is 2.43. The molecule has 2 atom stereocenters. The van der Waals surface area contributed by atoms with E-state index in [1.807, 2.05) is 0 Å². The molecule has 0 aliphatic carbocycles. The van der Waals surface area contributed by atoms with Crippen molar-refractivity contribution in [2.75, 3.05) is 13.2 Å². The molecular weight excluding hydrogens is 184 g/mol. The van der Waals surface area contributed by atoms with Crippen LogP contribution < -0.4 is 0 Å². The minimum absolute atomic E-state index is 0.0181. The van der Waals surface area contributed by atoms with Crippen molar-refractivity contribution >= 4 is 12.3 Å². The zero-order chi connectivity index (χ0) is 9.84. The summed E-state index contributed by atoms with van der Waals surface area (Å²) in [7, 11) is 0. The van der Waals surface area contributed by atoms with Crippen molar-refractivity contribution in [2.45, 2.75) is 12.2 Å². The Bertz CT molecular complexity index is 191. The molecule has 0 spiro atoms. The molecular formula is C6H8O7. The molecule has 1 rings (SSSR count). The third-order valence-electron chi connectivity index (χ3n) is 1.48. The first kappa shape index (κ1) is 9.59. The van der Waals surface area contributed by atoms with Gasteiger partial charge in [0.05, 0.1) is 13.2 Å². The number of hydrogen-bond donors (Lipinski definition) is 2. The average molecular weight is 192 g/mol. The molecule has 0 aromatic carbocycles. The zero-order valence-corrected chi connectivity index (χ0v) is 6.50. The normalized spacial score (nSPS) is 26.8. The molecule has 2 unspecified atom stereocenters. The van der Waals surface area contributed by atoms with Gasteiger partial charge in [0.2, 0.25) is 0 Å². The van der Waals surface area contributed by atoms with Crippen LogP contribution >= 0.6 is 0 Å². The molecule has 1 aliphatic rings. The maximum atomic E-state index is 10.1. The van der Waals surface area contributed by atoms with Crippen molar-refractivity contribution in [1.82, 2.24) is 0 Å². The van der Waals surface area contributed by atoms with Crippen molar-refractivity contribution in [3.05, 3.63) is 0 Å². The molecule has 1 saturated heterocycles. The predicted octanol–water partition coefficient (Wildman–Crippen LogP) is 0.143. The highest BCUT2D eigenvalue weighted by Gasteiger charge is 2.34. The molecule has 7 heteroatoms. The van der Waals surface area contributed by atoms with E-state index in [2.05, 4.69) is 9.47 Å². The number of ether oxygens (including phenoxy) is 3. The van der Waals surface area contributed by atoms with Gasteiger partial charge >= 0.3 is 12.3 Å². The number of carboxylic acid groups (broad SMARTS) is 2. The fraction of sp³-hybridized carbons (Fsp3) is 0.667. The van der Waals surface area contributed by atoms with Crippen molar-refractivity contribution < 1.29 is 34.0 Å². The Morgan fingerprint density at radius 2 is 1.46 bits per heavy atom. The predicted molar refractivity (Wildman–Crippen MR) is 36.6 cm³/mol. The lowest BCUT2D eigenvalue weighted by Crippen LogP contribution is -2.33. The molecule has 0 amide bonds. The molecule has 0 aromatic heterocycles. The van der Waals surface area contributed by atoms with E-state index in [1.54, 1.807) is 0 Å². The van der Waals surface area contributed by atoms with Gasteiger partial charge in [-0.15, -0.1) is 0 Å². The van der Waals surface area contributed by atoms with E-state index in [9.17, 15) is 9.59 Å². The van der Waals surface area contributed by atoms with Crippen LogP contribution in [0.25, 0.3) is 0 Å². The van der Waals surface area contributed by atoms with Crippen molar-refractivity contribution in [3.8, 4) is 0 Å². The first-order valence-electron chi connectivity index (χ1n) is 3.46. The topological polar surface area (TPSA) is 102 Å². The van der Waals surface area contributed by atoms with Gasteiger partial charge in [-0.05, 0) is 0 Å². The minimum Gasteiger partial charge on any atom is -0.450 e. The van der Waals surface area contributed by atoms with Crippen molar-refractivity contribution in [2.24, 2.45) is 0 Å². The van der Waals surface area contributed by atoms with Crippen LogP contribution in [0.3, 0.4) is 0 Å². The van der Waals surface area contributed by atoms with Gasteiger partial charge in [-0.1, -0.05) is 0 Å². The molecule has 13 heavy (non-hydrogen) atoms. The van der Waals surface area contributed by atoms with Gasteiger partial charge in [-0.3, -0.25) is 0 Å². The molecule has 0 bridgehead atoms. The average Bonchev–Trinajstić information content (AvgIpc) is 2.34. The van der Waals surface area contributed by atoms with Gasteiger partial charge in [0.1, 0.15) is 0 Å². The maximum absolute atomic E-state index is 10.1. The third-order valence-corrected chi connectivity index (χ3v) is 1.48. The highest BCUT2D eigenvalue weighted by Crippen LogP contribution is 2.13. The Labute approximate surface area is 72.8 Å². The lowest BCUT2D eigenvalue weighted by atomic mass is 10.2. The van der Waals surface area contributed by atoms with E-state index in [0.717, 1.165) is 0 Å². The van der Waals surface area contributed by atoms with Crippen LogP contribution in [0.1, 0.15) is 0 Å². The van der Waals surface area contributed by atoms with Crippen molar-refractivity contribution in [1.29, 1.82) is 0 Å². The molecule has 0 saturated carbocycles. The van der Waals surface area contributed by atoms with Crippen LogP contribution in [0.2, 0.25) is 0 Å². The lowest BCUT2D eigenvalue weighted by molar-refractivity contribution is -0.0177. The SMILES string of the molecule is O=C(O)OC1COCC1OC(=O)O. The third kappa shape index (κ3) is 2.79. The summed E-state index contributed by atoms with van der Waals surface area (Å²) >= 11 is 0. The molecule has 1 fully saturated rings. The second-order valence-electron chi connectivity index (χ2n) is 2.38. The highest BCUT2D eigenvalue weighted by molar-refractivity contribution is 5.58. The molecule has 0 aromatic rings. The summed E-state index contributed by atoms with van der Waals surface area (Å²) in [6.07, 6.45) is -4.69. The molecule has 74 valence electrons. The Morgan fingerprint density at radius 1 is 1.08 bits per heavy atom. The summed E-state index contributed by atoms with van der Waals surface area (Å²) in [4.78, 5) is 20.2. The Kier molecular flexibility index (Phi) is 2.91. The molecule has 2 N–H and O–H groups in total. The highest BCUT2D eigenvalue weighted by atomic mass is 16.7. The van der Waals surface area contributed by atoms with Gasteiger partial charge in [-0.25, -0.2) is 9.59 Å². The summed E-state index contributed by atoms with van der Waals surface area (Å²) in [5, 5.41) is 16.5. The standard InChI is InChI=1S/C6H8O7/c7-5(8)12-3-1-11-2-4(3)13-6(9)10/h3-4H,1-2H2,(H,7,8)(H,9,10). The second-order valence-corrected chi connectivity index (χ2v) is 2.38. The van der Waals surface area contributed by atoms with E-state index in [-0.39, 0.29) is 13.2 Å². The van der Waals surface area contributed by atoms with Gasteiger partial charge in [-0.2, -0.15) is 0 Å². The van der Waals surface area contributed by atoms with E-state index in [4.69, 9.17) is 14.9 Å². The lowest BCUT2D eigenvalue weighted by Gasteiger charge is -2.14. The molecule has 7 nitrogen and oxygen atoms in total. The van der Waals surface area contributed by atoms with E-state index in [1.165, 1.54) is 0 Å². The Morgan fingerprint density at radius 3 is 1.77 bits per heavy atom. The summed E-state index contributed by atoms with van der Waals surface area (Å²) in [6.45, 7) is 0.0362. The van der Waals surface area contributed by atoms with Gasteiger partial charge in [0.15, 0.2) is 12.2 Å². The van der Waals surface area contributed by atoms with E-state index >= 15 is 0 Å². The smallest absolute Gasteiger partial charge is 0.450 e. The van der Waals surface area contributed by atoms with E-state index < -0.39 is 24.5 Å². The largest absolute Gasteiger partial charge is 0.506 e. The number of carbonyl (C=O) groups is 2. The monoisotopic (exact) mass is 192 g/mol. The quantitative estimate of drug-likeness (QED) is 0.600. The molecule has 1 aliphatic heterocycles. The molecule has 0 radical (unpaired) electrons. The fourth-order valence-electron chi connectivity index (χ4n) is 0.994. The zero-order valence-electron chi connectivity index (χ0n) is 6.50. The second kappa shape index (κ2) is 3.94. The van der Waals surface area contributed by atoms with Crippen LogP contribution in [-0.4, -0.2) is 47.9 Å². The van der Waals surface area contributed by atoms with Crippen LogP contribution in [0, 0.1) is 0 Å². The number of rotatable bonds is 2. The summed E-state index contributed by atoms with van der Waals surface area (Å²) in [5.74, 6) is 0. The van der Waals surface area contributed by atoms with E-state index in [0.29, 0.717) is 0 Å². The van der Waals surface area contributed by atoms with Crippen LogP contribution in [0.4, 0.5) is 9.59 Å². The molecule has 1 heterocycles. The van der Waals surface area contributed by atoms with Crippen molar-refractivity contribution in [3.63, 3.8) is 0 Å². The summed E-state index contributed by atoms with van der Waals surface area (Å²) < 4.78 is 13.5. The first-order chi connectivity index (χ1) is 6.09. The maximum Gasteiger partial charge on any atom is 0.506 e. The summed E-state index contributed by atoms with van der Waals surface area (Å²) in [5.41, 5.74) is 0. The van der Waals surface area contributed by atoms with Crippen LogP contribution in [0.15, 0.2) is 0 Å². The van der Waals surface area contributed by atoms with Crippen LogP contribution in [-0.2, 0) is 14.2 Å². The number of hydrogen-bond acceptors (Lipinski definition) is 5. The first-order valence-corrected chi connectivity index (χ1v) is 3.46. The summed E-state index contributed by atoms with van der Waals surface area (Å²) in [6, 6.07) is 0. The minimum atomic E-state index is -1.48. The Hall–Kier alpha value is -1.50.